The van der Waals surface area contributed by atoms with Crippen LogP contribution in [0.5, 0.6) is 11.5 Å². The van der Waals surface area contributed by atoms with Crippen molar-refractivity contribution in [2.75, 3.05) is 33.9 Å². The highest BCUT2D eigenvalue weighted by Gasteiger charge is 2.58. The maximum absolute atomic E-state index is 12.9. The van der Waals surface area contributed by atoms with Gasteiger partial charge in [-0.3, -0.25) is 9.69 Å². The Bertz CT molecular complexity index is 1080. The summed E-state index contributed by atoms with van der Waals surface area (Å²) in [5.74, 6) is 0.896. The van der Waals surface area contributed by atoms with Crippen LogP contribution in [0, 0.1) is 0 Å². The Morgan fingerprint density at radius 1 is 1.23 bits per heavy atom. The third-order valence-corrected chi connectivity index (χ3v) is 7.74. The summed E-state index contributed by atoms with van der Waals surface area (Å²) in [6.07, 6.45) is 8.60. The molecule has 0 radical (unpaired) electrons. The van der Waals surface area contributed by atoms with Crippen LogP contribution in [0.25, 0.3) is 6.08 Å². The number of phenolic OH excluding ortho intramolecular Hbond substituents is 1. The van der Waals surface area contributed by atoms with Crippen LogP contribution in [0.1, 0.15) is 36.8 Å². The standard InChI is InChI=1S/C29H36N2O4/c1-4-16-31-17-15-28(23-8-6-9-25(32)19-23)20-24(13-14-29(28,21-31)35-3)30-27(33)12-11-22-7-5-10-26(18-22)34-2/h4-12,18-19,24,32H,1,13-17,20-21H2,2-3H3,(H,30,33)/b12-11+. The lowest BCUT2D eigenvalue weighted by molar-refractivity contribution is -0.148. The first kappa shape index (κ1) is 25.0. The molecule has 2 fully saturated rings. The highest BCUT2D eigenvalue weighted by Crippen LogP contribution is 2.53. The van der Waals surface area contributed by atoms with Crippen molar-refractivity contribution in [1.82, 2.24) is 10.2 Å². The van der Waals surface area contributed by atoms with E-state index >= 15 is 0 Å². The van der Waals surface area contributed by atoms with Gasteiger partial charge in [0.15, 0.2) is 0 Å². The van der Waals surface area contributed by atoms with Crippen molar-refractivity contribution in [1.29, 1.82) is 0 Å². The number of hydrogen-bond donors (Lipinski definition) is 2. The van der Waals surface area contributed by atoms with Gasteiger partial charge in [0, 0.05) is 37.7 Å². The molecule has 6 nitrogen and oxygen atoms in total. The number of carbonyl (C=O) groups is 1. The number of amides is 1. The van der Waals surface area contributed by atoms with Crippen molar-refractivity contribution >= 4 is 12.0 Å². The fraction of sp³-hybridized carbons (Fsp3) is 0.414. The summed E-state index contributed by atoms with van der Waals surface area (Å²) in [4.78, 5) is 15.2. The van der Waals surface area contributed by atoms with E-state index in [1.165, 1.54) is 0 Å². The van der Waals surface area contributed by atoms with Crippen molar-refractivity contribution < 1.29 is 19.4 Å². The smallest absolute Gasteiger partial charge is 0.244 e. The zero-order valence-electron chi connectivity index (χ0n) is 20.7. The Kier molecular flexibility index (Phi) is 7.63. The normalized spacial score (nSPS) is 26.7. The summed E-state index contributed by atoms with van der Waals surface area (Å²) >= 11 is 0. The molecule has 1 aliphatic carbocycles. The highest BCUT2D eigenvalue weighted by molar-refractivity contribution is 5.92. The van der Waals surface area contributed by atoms with E-state index in [2.05, 4.69) is 22.9 Å². The molecule has 2 aromatic carbocycles. The topological polar surface area (TPSA) is 71.0 Å². The summed E-state index contributed by atoms with van der Waals surface area (Å²) < 4.78 is 11.6. The molecule has 3 atom stereocenters. The molecule has 2 aromatic rings. The number of nitrogens with zero attached hydrogens (tertiary/aromatic N) is 1. The van der Waals surface area contributed by atoms with Gasteiger partial charge in [-0.1, -0.05) is 30.3 Å². The molecule has 186 valence electrons. The Labute approximate surface area is 208 Å². The number of piperidine rings is 1. The number of phenols is 1. The van der Waals surface area contributed by atoms with E-state index in [9.17, 15) is 9.90 Å². The van der Waals surface area contributed by atoms with Gasteiger partial charge in [0.1, 0.15) is 11.5 Å². The summed E-state index contributed by atoms with van der Waals surface area (Å²) in [5.41, 5.74) is 1.26. The number of carbonyl (C=O) groups excluding carboxylic acids is 1. The van der Waals surface area contributed by atoms with Gasteiger partial charge in [-0.15, -0.1) is 6.58 Å². The molecular formula is C29H36N2O4. The van der Waals surface area contributed by atoms with Gasteiger partial charge >= 0.3 is 0 Å². The molecular weight excluding hydrogens is 440 g/mol. The summed E-state index contributed by atoms with van der Waals surface area (Å²) in [7, 11) is 3.42. The molecule has 1 saturated carbocycles. The Morgan fingerprint density at radius 2 is 2.06 bits per heavy atom. The van der Waals surface area contributed by atoms with Crippen molar-refractivity contribution in [3.63, 3.8) is 0 Å². The monoisotopic (exact) mass is 476 g/mol. The Morgan fingerprint density at radius 3 is 2.80 bits per heavy atom. The Balaban J connectivity index is 1.57. The first-order chi connectivity index (χ1) is 16.9. The van der Waals surface area contributed by atoms with Crippen LogP contribution < -0.4 is 10.1 Å². The van der Waals surface area contributed by atoms with E-state index in [0.29, 0.717) is 0 Å². The van der Waals surface area contributed by atoms with Gasteiger partial charge in [-0.25, -0.2) is 0 Å². The van der Waals surface area contributed by atoms with Gasteiger partial charge in [0.25, 0.3) is 0 Å². The largest absolute Gasteiger partial charge is 0.508 e. The van der Waals surface area contributed by atoms with E-state index in [1.54, 1.807) is 32.4 Å². The van der Waals surface area contributed by atoms with Crippen LogP contribution in [0.15, 0.2) is 67.3 Å². The molecule has 35 heavy (non-hydrogen) atoms. The maximum Gasteiger partial charge on any atom is 0.244 e. The molecule has 6 heteroatoms. The third-order valence-electron chi connectivity index (χ3n) is 7.74. The number of methoxy groups -OCH3 is 2. The van der Waals surface area contributed by atoms with Crippen molar-refractivity contribution in [2.24, 2.45) is 0 Å². The van der Waals surface area contributed by atoms with Crippen molar-refractivity contribution in [3.05, 3.63) is 78.4 Å². The second kappa shape index (κ2) is 10.7. The summed E-state index contributed by atoms with van der Waals surface area (Å²) in [6.45, 7) is 6.43. The molecule has 1 aliphatic heterocycles. The predicted molar refractivity (Wildman–Crippen MR) is 139 cm³/mol. The number of fused-ring (bicyclic) bond motifs is 1. The van der Waals surface area contributed by atoms with Gasteiger partial charge in [0.2, 0.25) is 5.91 Å². The van der Waals surface area contributed by atoms with Gasteiger partial charge in [-0.2, -0.15) is 0 Å². The third kappa shape index (κ3) is 5.14. The van der Waals surface area contributed by atoms with Crippen LogP contribution in [-0.4, -0.2) is 61.4 Å². The molecule has 1 heterocycles. The molecule has 1 saturated heterocycles. The maximum atomic E-state index is 12.9. The number of rotatable bonds is 8. The second-order valence-electron chi connectivity index (χ2n) is 9.66. The summed E-state index contributed by atoms with van der Waals surface area (Å²) in [6, 6.07) is 15.2. The van der Waals surface area contributed by atoms with Crippen LogP contribution in [0.3, 0.4) is 0 Å². The number of likely N-dealkylation sites (tertiary alicyclic amines) is 1. The van der Waals surface area contributed by atoms with Gasteiger partial charge < -0.3 is 19.9 Å². The average molecular weight is 477 g/mol. The predicted octanol–water partition coefficient (Wildman–Crippen LogP) is 4.30. The SMILES string of the molecule is C=CCN1CCC2(c3cccc(O)c3)CC(NC(=O)/C=C/c3cccc(OC)c3)CCC2(OC)C1. The molecule has 0 spiro atoms. The fourth-order valence-corrected chi connectivity index (χ4v) is 6.02. The van der Waals surface area contributed by atoms with Gasteiger partial charge in [-0.05, 0) is 73.7 Å². The molecule has 2 aliphatic rings. The minimum absolute atomic E-state index is 0.00837. The minimum atomic E-state index is -0.403. The Hall–Kier alpha value is -3.09. The highest BCUT2D eigenvalue weighted by atomic mass is 16.5. The number of benzene rings is 2. The van der Waals surface area contributed by atoms with Crippen molar-refractivity contribution in [2.45, 2.75) is 42.7 Å². The molecule has 0 aromatic heterocycles. The van der Waals surface area contributed by atoms with E-state index in [4.69, 9.17) is 9.47 Å². The van der Waals surface area contributed by atoms with Crippen LogP contribution in [0.4, 0.5) is 0 Å². The van der Waals surface area contributed by atoms with Gasteiger partial charge in [0.05, 0.1) is 12.7 Å². The van der Waals surface area contributed by atoms with Crippen LogP contribution in [-0.2, 0) is 14.9 Å². The minimum Gasteiger partial charge on any atom is -0.508 e. The number of hydrogen-bond acceptors (Lipinski definition) is 5. The number of aromatic hydroxyl groups is 1. The molecule has 3 unspecified atom stereocenters. The lowest BCUT2D eigenvalue weighted by Gasteiger charge is -2.59. The lowest BCUT2D eigenvalue weighted by atomic mass is 9.55. The zero-order chi connectivity index (χ0) is 24.9. The van der Waals surface area contributed by atoms with E-state index in [0.717, 1.165) is 62.2 Å². The molecule has 2 N–H and O–H groups in total. The summed E-state index contributed by atoms with van der Waals surface area (Å²) in [5, 5.41) is 13.5. The number of ether oxygens (including phenoxy) is 2. The molecule has 1 amide bonds. The first-order valence-corrected chi connectivity index (χ1v) is 12.2. The molecule has 0 bridgehead atoms. The second-order valence-corrected chi connectivity index (χ2v) is 9.66. The van der Waals surface area contributed by atoms with E-state index in [1.807, 2.05) is 42.5 Å². The fourth-order valence-electron chi connectivity index (χ4n) is 6.02. The molecule has 4 rings (SSSR count). The quantitative estimate of drug-likeness (QED) is 0.439. The van der Waals surface area contributed by atoms with E-state index in [-0.39, 0.29) is 23.1 Å². The van der Waals surface area contributed by atoms with Crippen molar-refractivity contribution in [3.8, 4) is 11.5 Å². The van der Waals surface area contributed by atoms with E-state index < -0.39 is 5.60 Å². The lowest BCUT2D eigenvalue weighted by Crippen LogP contribution is -2.67. The zero-order valence-corrected chi connectivity index (χ0v) is 20.7. The number of nitrogens with one attached hydrogen (secondary N) is 1. The first-order valence-electron chi connectivity index (χ1n) is 12.2. The van der Waals surface area contributed by atoms with Crippen LogP contribution in [0.2, 0.25) is 0 Å². The average Bonchev–Trinajstić information content (AvgIpc) is 2.88. The van der Waals surface area contributed by atoms with Crippen LogP contribution >= 0.6 is 0 Å².